The first-order valence-electron chi connectivity index (χ1n) is 12.7. The summed E-state index contributed by atoms with van der Waals surface area (Å²) < 4.78 is 24.9. The van der Waals surface area contributed by atoms with E-state index in [2.05, 4.69) is 6.92 Å². The Balaban J connectivity index is 1.38. The molecule has 0 bridgehead atoms. The molecule has 34 heavy (non-hydrogen) atoms. The van der Waals surface area contributed by atoms with Crippen molar-refractivity contribution >= 4 is 5.97 Å². The SMILES string of the molecule is CCCCCCCCOC[C@H]1CC[C@H](c2ccc(C(=O)Oc3ccc(C#N)c(F)c3)cc2)CC1. The minimum Gasteiger partial charge on any atom is -0.423 e. The Morgan fingerprint density at radius 3 is 2.38 bits per heavy atom. The Labute approximate surface area is 203 Å². The number of rotatable bonds is 12. The lowest BCUT2D eigenvalue weighted by molar-refractivity contribution is 0.0734. The number of carbonyl (C=O) groups is 1. The molecule has 1 fully saturated rings. The van der Waals surface area contributed by atoms with Crippen molar-refractivity contribution in [3.05, 3.63) is 65.0 Å². The van der Waals surface area contributed by atoms with Crippen LogP contribution in [-0.2, 0) is 4.74 Å². The molecule has 1 saturated carbocycles. The summed E-state index contributed by atoms with van der Waals surface area (Å²) >= 11 is 0. The van der Waals surface area contributed by atoms with Crippen molar-refractivity contribution in [3.8, 4) is 11.8 Å². The van der Waals surface area contributed by atoms with E-state index in [1.165, 1.54) is 69.1 Å². The van der Waals surface area contributed by atoms with Gasteiger partial charge in [0.1, 0.15) is 17.6 Å². The van der Waals surface area contributed by atoms with Gasteiger partial charge in [-0.25, -0.2) is 9.18 Å². The van der Waals surface area contributed by atoms with Gasteiger partial charge in [-0.1, -0.05) is 51.2 Å². The van der Waals surface area contributed by atoms with E-state index in [1.54, 1.807) is 18.2 Å². The van der Waals surface area contributed by atoms with Crippen LogP contribution >= 0.6 is 0 Å². The molecule has 5 heteroatoms. The van der Waals surface area contributed by atoms with Gasteiger partial charge in [-0.05, 0) is 73.8 Å². The van der Waals surface area contributed by atoms with Crippen LogP contribution in [-0.4, -0.2) is 19.2 Å². The van der Waals surface area contributed by atoms with Crippen LogP contribution in [0.2, 0.25) is 0 Å². The fourth-order valence-electron chi connectivity index (χ4n) is 4.60. The monoisotopic (exact) mass is 465 g/mol. The van der Waals surface area contributed by atoms with Crippen molar-refractivity contribution < 1.29 is 18.7 Å². The predicted molar refractivity (Wildman–Crippen MR) is 131 cm³/mol. The predicted octanol–water partition coefficient (Wildman–Crippen LogP) is 7.57. The summed E-state index contributed by atoms with van der Waals surface area (Å²) in [4.78, 5) is 12.4. The molecule has 2 aromatic rings. The van der Waals surface area contributed by atoms with Crippen molar-refractivity contribution in [1.82, 2.24) is 0 Å². The third-order valence-corrected chi connectivity index (χ3v) is 6.73. The van der Waals surface area contributed by atoms with Crippen molar-refractivity contribution in [3.63, 3.8) is 0 Å². The maximum Gasteiger partial charge on any atom is 0.343 e. The fourth-order valence-corrected chi connectivity index (χ4v) is 4.60. The number of ether oxygens (including phenoxy) is 2. The third kappa shape index (κ3) is 7.95. The average Bonchev–Trinajstić information content (AvgIpc) is 2.86. The van der Waals surface area contributed by atoms with Crippen LogP contribution in [0.15, 0.2) is 42.5 Å². The van der Waals surface area contributed by atoms with Crippen LogP contribution in [0.3, 0.4) is 0 Å². The number of unbranched alkanes of at least 4 members (excludes halogenated alkanes) is 5. The van der Waals surface area contributed by atoms with E-state index in [-0.39, 0.29) is 11.3 Å². The summed E-state index contributed by atoms with van der Waals surface area (Å²) in [6.45, 7) is 4.01. The van der Waals surface area contributed by atoms with Gasteiger partial charge in [0.15, 0.2) is 0 Å². The molecule has 0 saturated heterocycles. The molecule has 0 amide bonds. The summed E-state index contributed by atoms with van der Waals surface area (Å²) in [6, 6.07) is 13.1. The smallest absolute Gasteiger partial charge is 0.343 e. The maximum absolute atomic E-state index is 13.7. The molecule has 0 atom stereocenters. The van der Waals surface area contributed by atoms with Gasteiger partial charge in [0.05, 0.1) is 11.1 Å². The Morgan fingerprint density at radius 2 is 1.71 bits per heavy atom. The molecular weight excluding hydrogens is 429 g/mol. The van der Waals surface area contributed by atoms with Gasteiger partial charge in [0, 0.05) is 19.3 Å². The largest absolute Gasteiger partial charge is 0.423 e. The minimum absolute atomic E-state index is 0.0803. The lowest BCUT2D eigenvalue weighted by Crippen LogP contribution is -2.18. The highest BCUT2D eigenvalue weighted by atomic mass is 19.1. The quantitative estimate of drug-likeness (QED) is 0.184. The van der Waals surface area contributed by atoms with Gasteiger partial charge in [0.2, 0.25) is 0 Å². The molecule has 0 aromatic heterocycles. The number of carbonyl (C=O) groups excluding carboxylic acids is 1. The van der Waals surface area contributed by atoms with Crippen molar-refractivity contribution in [2.24, 2.45) is 5.92 Å². The van der Waals surface area contributed by atoms with Gasteiger partial charge in [-0.3, -0.25) is 0 Å². The van der Waals surface area contributed by atoms with Gasteiger partial charge >= 0.3 is 5.97 Å². The minimum atomic E-state index is -0.702. The van der Waals surface area contributed by atoms with E-state index in [0.29, 0.717) is 17.4 Å². The van der Waals surface area contributed by atoms with Crippen LogP contribution in [0.25, 0.3) is 0 Å². The number of esters is 1. The summed E-state index contributed by atoms with van der Waals surface area (Å²) in [6.07, 6.45) is 12.4. The van der Waals surface area contributed by atoms with E-state index >= 15 is 0 Å². The van der Waals surface area contributed by atoms with Gasteiger partial charge in [0.25, 0.3) is 0 Å². The maximum atomic E-state index is 13.7. The molecular formula is C29H36FNO3. The zero-order valence-electron chi connectivity index (χ0n) is 20.2. The highest BCUT2D eigenvalue weighted by Crippen LogP contribution is 2.36. The van der Waals surface area contributed by atoms with E-state index in [4.69, 9.17) is 14.7 Å². The Morgan fingerprint density at radius 1 is 1.00 bits per heavy atom. The number of nitriles is 1. The molecule has 1 aliphatic carbocycles. The average molecular weight is 466 g/mol. The molecule has 0 aliphatic heterocycles. The Bertz CT molecular complexity index is 943. The molecule has 0 heterocycles. The van der Waals surface area contributed by atoms with Crippen LogP contribution in [0.1, 0.15) is 98.5 Å². The molecule has 182 valence electrons. The van der Waals surface area contributed by atoms with E-state index in [0.717, 1.165) is 32.1 Å². The Hall–Kier alpha value is -2.71. The number of hydrogen-bond acceptors (Lipinski definition) is 4. The van der Waals surface area contributed by atoms with E-state index in [1.807, 2.05) is 12.1 Å². The van der Waals surface area contributed by atoms with Crippen molar-refractivity contribution in [2.75, 3.05) is 13.2 Å². The zero-order chi connectivity index (χ0) is 24.2. The van der Waals surface area contributed by atoms with E-state index < -0.39 is 11.8 Å². The molecule has 3 rings (SSSR count). The fraction of sp³-hybridized carbons (Fsp3) is 0.517. The first-order chi connectivity index (χ1) is 16.6. The van der Waals surface area contributed by atoms with Gasteiger partial charge in [-0.2, -0.15) is 5.26 Å². The second-order valence-corrected chi connectivity index (χ2v) is 9.33. The summed E-state index contributed by atoms with van der Waals surface area (Å²) in [5.74, 6) is 0.00182. The highest BCUT2D eigenvalue weighted by Gasteiger charge is 2.23. The van der Waals surface area contributed by atoms with Gasteiger partial charge < -0.3 is 9.47 Å². The highest BCUT2D eigenvalue weighted by molar-refractivity contribution is 5.91. The molecule has 1 aliphatic rings. The second-order valence-electron chi connectivity index (χ2n) is 9.33. The first-order valence-corrected chi connectivity index (χ1v) is 12.7. The van der Waals surface area contributed by atoms with Crippen LogP contribution in [0.5, 0.6) is 5.75 Å². The lowest BCUT2D eigenvalue weighted by atomic mass is 9.79. The van der Waals surface area contributed by atoms with Gasteiger partial charge in [-0.15, -0.1) is 0 Å². The summed E-state index contributed by atoms with van der Waals surface area (Å²) in [7, 11) is 0. The van der Waals surface area contributed by atoms with Crippen LogP contribution in [0.4, 0.5) is 4.39 Å². The standard InChI is InChI=1S/C29H36FNO3/c1-2-3-4-5-6-7-18-33-21-22-8-10-23(11-9-22)24-12-14-25(15-13-24)29(32)34-27-17-16-26(20-31)28(30)19-27/h12-17,19,22-23H,2-11,18,21H2,1H3/t22-,23-. The summed E-state index contributed by atoms with van der Waals surface area (Å²) in [5.41, 5.74) is 1.58. The molecule has 0 unspecified atom stereocenters. The first kappa shape index (κ1) is 25.9. The molecule has 0 radical (unpaired) electrons. The summed E-state index contributed by atoms with van der Waals surface area (Å²) in [5, 5.41) is 8.80. The third-order valence-electron chi connectivity index (χ3n) is 6.73. The van der Waals surface area contributed by atoms with E-state index in [9.17, 15) is 9.18 Å². The molecule has 0 N–H and O–H groups in total. The van der Waals surface area contributed by atoms with Crippen molar-refractivity contribution in [1.29, 1.82) is 5.26 Å². The topological polar surface area (TPSA) is 59.3 Å². The van der Waals surface area contributed by atoms with Crippen LogP contribution in [0, 0.1) is 23.1 Å². The zero-order valence-corrected chi connectivity index (χ0v) is 20.2. The Kier molecular flexibility index (Phi) is 10.6. The second kappa shape index (κ2) is 13.9. The number of hydrogen-bond donors (Lipinski definition) is 0. The number of nitrogens with zero attached hydrogens (tertiary/aromatic N) is 1. The molecule has 0 spiro atoms. The molecule has 4 nitrogen and oxygen atoms in total. The number of halogens is 1. The lowest BCUT2D eigenvalue weighted by Gasteiger charge is -2.28. The molecule has 2 aromatic carbocycles. The van der Waals surface area contributed by atoms with Crippen LogP contribution < -0.4 is 4.74 Å². The normalized spacial score (nSPS) is 17.8. The van der Waals surface area contributed by atoms with Crippen molar-refractivity contribution in [2.45, 2.75) is 77.0 Å². The number of benzene rings is 2.